The summed E-state index contributed by atoms with van der Waals surface area (Å²) in [4.78, 5) is 13.6. The van der Waals surface area contributed by atoms with Crippen LogP contribution < -0.4 is 0 Å². The minimum Gasteiger partial charge on any atom is -0.394 e. The number of alkyl halides is 3. The average Bonchev–Trinajstić information content (AvgIpc) is 2.36. The highest BCUT2D eigenvalue weighted by atomic mass is 19.4. The van der Waals surface area contributed by atoms with Gasteiger partial charge in [0.25, 0.3) is 0 Å². The molecule has 0 saturated heterocycles. The first kappa shape index (κ1) is 16.3. The number of likely N-dealkylation sites (N-methyl/N-ethyl adjacent to an activating group) is 1. The van der Waals surface area contributed by atoms with Crippen molar-refractivity contribution in [2.24, 2.45) is 11.8 Å². The molecular weight excluding hydrogens is 259 g/mol. The Morgan fingerprint density at radius 3 is 2.05 bits per heavy atom. The van der Waals surface area contributed by atoms with E-state index in [1.165, 1.54) is 4.90 Å². The Hall–Kier alpha value is -0.780. The number of hydrogen-bond donors (Lipinski definition) is 1. The Bertz CT molecular complexity index is 320. The number of aliphatic hydroxyl groups excluding tert-OH is 1. The molecule has 6 heteroatoms. The standard InChI is InChI=1S/C13H22F3NO2/c1-12(2,8-18)17(3)11(19)9-4-6-10(7-5-9)13(14,15)16/h9-10,18H,4-8H2,1-3H3. The number of halogens is 3. The molecule has 1 amide bonds. The zero-order valence-electron chi connectivity index (χ0n) is 11.6. The second kappa shape index (κ2) is 5.69. The molecule has 0 aromatic carbocycles. The lowest BCUT2D eigenvalue weighted by Gasteiger charge is -2.38. The maximum atomic E-state index is 12.5. The zero-order valence-corrected chi connectivity index (χ0v) is 11.6. The Morgan fingerprint density at radius 1 is 1.21 bits per heavy atom. The van der Waals surface area contributed by atoms with Gasteiger partial charge in [0.2, 0.25) is 5.91 Å². The highest BCUT2D eigenvalue weighted by molar-refractivity contribution is 5.79. The van der Waals surface area contributed by atoms with Crippen molar-refractivity contribution in [1.82, 2.24) is 4.90 Å². The average molecular weight is 281 g/mol. The number of carbonyl (C=O) groups excluding carboxylic acids is 1. The second-order valence-corrected chi connectivity index (χ2v) is 5.96. The molecule has 1 saturated carbocycles. The first-order valence-corrected chi connectivity index (χ1v) is 6.55. The fourth-order valence-electron chi connectivity index (χ4n) is 2.35. The molecule has 1 aliphatic rings. The Labute approximate surface area is 111 Å². The van der Waals surface area contributed by atoms with Crippen LogP contribution in [0.25, 0.3) is 0 Å². The van der Waals surface area contributed by atoms with E-state index in [0.717, 1.165) is 0 Å². The van der Waals surface area contributed by atoms with E-state index in [1.807, 2.05) is 0 Å². The van der Waals surface area contributed by atoms with Gasteiger partial charge < -0.3 is 10.0 Å². The molecule has 0 heterocycles. The van der Waals surface area contributed by atoms with Crippen LogP contribution in [0.1, 0.15) is 39.5 Å². The van der Waals surface area contributed by atoms with E-state index in [1.54, 1.807) is 20.9 Å². The van der Waals surface area contributed by atoms with Crippen molar-refractivity contribution in [2.45, 2.75) is 51.2 Å². The summed E-state index contributed by atoms with van der Waals surface area (Å²) < 4.78 is 37.6. The van der Waals surface area contributed by atoms with Crippen LogP contribution in [0.15, 0.2) is 0 Å². The zero-order chi connectivity index (χ0) is 14.8. The Balaban J connectivity index is 2.59. The van der Waals surface area contributed by atoms with E-state index < -0.39 is 17.6 Å². The minimum absolute atomic E-state index is 0.0211. The molecule has 0 aliphatic heterocycles. The van der Waals surface area contributed by atoms with Crippen molar-refractivity contribution in [3.05, 3.63) is 0 Å². The molecular formula is C13H22F3NO2. The third kappa shape index (κ3) is 3.84. The molecule has 0 spiro atoms. The third-order valence-electron chi connectivity index (χ3n) is 4.16. The molecule has 0 aromatic heterocycles. The molecule has 0 bridgehead atoms. The molecule has 1 fully saturated rings. The molecule has 1 rings (SSSR count). The summed E-state index contributed by atoms with van der Waals surface area (Å²) >= 11 is 0. The monoisotopic (exact) mass is 281 g/mol. The number of nitrogens with zero attached hydrogens (tertiary/aromatic N) is 1. The third-order valence-corrected chi connectivity index (χ3v) is 4.16. The van der Waals surface area contributed by atoms with Crippen LogP contribution in [0.3, 0.4) is 0 Å². The van der Waals surface area contributed by atoms with E-state index >= 15 is 0 Å². The van der Waals surface area contributed by atoms with Gasteiger partial charge in [-0.25, -0.2) is 0 Å². The number of hydrogen-bond acceptors (Lipinski definition) is 2. The van der Waals surface area contributed by atoms with Gasteiger partial charge >= 0.3 is 6.18 Å². The van der Waals surface area contributed by atoms with Crippen molar-refractivity contribution in [1.29, 1.82) is 0 Å². The van der Waals surface area contributed by atoms with E-state index in [9.17, 15) is 23.1 Å². The molecule has 3 nitrogen and oxygen atoms in total. The van der Waals surface area contributed by atoms with Gasteiger partial charge in [-0.05, 0) is 39.5 Å². The molecule has 1 N–H and O–H groups in total. The number of rotatable bonds is 3. The van der Waals surface area contributed by atoms with Gasteiger partial charge in [-0.1, -0.05) is 0 Å². The van der Waals surface area contributed by atoms with Crippen molar-refractivity contribution < 1.29 is 23.1 Å². The van der Waals surface area contributed by atoms with Crippen molar-refractivity contribution >= 4 is 5.91 Å². The summed E-state index contributed by atoms with van der Waals surface area (Å²) in [5.41, 5.74) is -0.683. The fourth-order valence-corrected chi connectivity index (χ4v) is 2.35. The summed E-state index contributed by atoms with van der Waals surface area (Å²) in [6.45, 7) is 3.28. The first-order chi connectivity index (χ1) is 8.59. The van der Waals surface area contributed by atoms with Crippen LogP contribution in [0.2, 0.25) is 0 Å². The van der Waals surface area contributed by atoms with E-state index in [2.05, 4.69) is 0 Å². The smallest absolute Gasteiger partial charge is 0.391 e. The van der Waals surface area contributed by atoms with Gasteiger partial charge in [0, 0.05) is 13.0 Å². The SMILES string of the molecule is CN(C(=O)C1CCC(C(F)(F)F)CC1)C(C)(C)CO. The maximum absolute atomic E-state index is 12.5. The lowest BCUT2D eigenvalue weighted by Crippen LogP contribution is -2.50. The van der Waals surface area contributed by atoms with Gasteiger partial charge in [0.15, 0.2) is 0 Å². The number of aliphatic hydroxyl groups is 1. The van der Waals surface area contributed by atoms with E-state index in [-0.39, 0.29) is 44.1 Å². The topological polar surface area (TPSA) is 40.5 Å². The largest absolute Gasteiger partial charge is 0.394 e. The van der Waals surface area contributed by atoms with Crippen molar-refractivity contribution in [3.63, 3.8) is 0 Å². The van der Waals surface area contributed by atoms with E-state index in [4.69, 9.17) is 0 Å². The van der Waals surface area contributed by atoms with Crippen molar-refractivity contribution in [2.75, 3.05) is 13.7 Å². The normalized spacial score (nSPS) is 25.2. The molecule has 0 aromatic rings. The lowest BCUT2D eigenvalue weighted by atomic mass is 9.80. The summed E-state index contributed by atoms with van der Waals surface area (Å²) in [7, 11) is 1.59. The van der Waals surface area contributed by atoms with Crippen LogP contribution in [0.5, 0.6) is 0 Å². The van der Waals surface area contributed by atoms with Gasteiger partial charge in [-0.3, -0.25) is 4.79 Å². The molecule has 0 atom stereocenters. The van der Waals surface area contributed by atoms with Crippen molar-refractivity contribution in [3.8, 4) is 0 Å². The quantitative estimate of drug-likeness (QED) is 0.863. The van der Waals surface area contributed by atoms with Gasteiger partial charge in [-0.15, -0.1) is 0 Å². The van der Waals surface area contributed by atoms with Crippen LogP contribution in [-0.2, 0) is 4.79 Å². The summed E-state index contributed by atoms with van der Waals surface area (Å²) in [6.07, 6.45) is -3.56. The highest BCUT2D eigenvalue weighted by Crippen LogP contribution is 2.40. The predicted octanol–water partition coefficient (Wildman–Crippen LogP) is 2.58. The molecule has 19 heavy (non-hydrogen) atoms. The van der Waals surface area contributed by atoms with Gasteiger partial charge in [0.05, 0.1) is 18.1 Å². The fraction of sp³-hybridized carbons (Fsp3) is 0.923. The maximum Gasteiger partial charge on any atom is 0.391 e. The lowest BCUT2D eigenvalue weighted by molar-refractivity contribution is -0.185. The predicted molar refractivity (Wildman–Crippen MR) is 65.4 cm³/mol. The number of carbonyl (C=O) groups is 1. The molecule has 0 unspecified atom stereocenters. The molecule has 1 aliphatic carbocycles. The minimum atomic E-state index is -4.15. The van der Waals surface area contributed by atoms with Gasteiger partial charge in [0.1, 0.15) is 0 Å². The van der Waals surface area contributed by atoms with Gasteiger partial charge in [-0.2, -0.15) is 13.2 Å². The first-order valence-electron chi connectivity index (χ1n) is 6.55. The molecule has 112 valence electrons. The van der Waals surface area contributed by atoms with Crippen LogP contribution >= 0.6 is 0 Å². The summed E-state index contributed by atoms with van der Waals surface area (Å²) in [5, 5.41) is 9.22. The summed E-state index contributed by atoms with van der Waals surface area (Å²) in [6, 6.07) is 0. The van der Waals surface area contributed by atoms with Crippen LogP contribution in [-0.4, -0.2) is 41.3 Å². The Kier molecular flexibility index (Phi) is 4.87. The number of amides is 1. The van der Waals surface area contributed by atoms with E-state index in [0.29, 0.717) is 0 Å². The summed E-state index contributed by atoms with van der Waals surface area (Å²) in [5.74, 6) is -1.79. The van der Waals surface area contributed by atoms with Crippen LogP contribution in [0.4, 0.5) is 13.2 Å². The molecule has 0 radical (unpaired) electrons. The highest BCUT2D eigenvalue weighted by Gasteiger charge is 2.43. The van der Waals surface area contributed by atoms with Crippen LogP contribution in [0, 0.1) is 11.8 Å². The second-order valence-electron chi connectivity index (χ2n) is 5.96. The Morgan fingerprint density at radius 2 is 1.68 bits per heavy atom.